The number of rotatable bonds is 2. The Morgan fingerprint density at radius 3 is 2.88 bits per heavy atom. The van der Waals surface area contributed by atoms with Crippen molar-refractivity contribution in [3.05, 3.63) is 53.0 Å². The molecule has 1 atom stereocenters. The molecule has 3 heterocycles. The molecule has 2 aromatic heterocycles. The van der Waals surface area contributed by atoms with Gasteiger partial charge in [-0.25, -0.2) is 14.8 Å². The van der Waals surface area contributed by atoms with Crippen LogP contribution in [-0.2, 0) is 27.8 Å². The second-order valence-corrected chi connectivity index (χ2v) is 6.58. The highest BCUT2D eigenvalue weighted by atomic mass is 16.5. The van der Waals surface area contributed by atoms with E-state index < -0.39 is 11.4 Å². The Morgan fingerprint density at radius 1 is 1.29 bits per heavy atom. The minimum absolute atomic E-state index is 0.0429. The average Bonchev–Trinajstić information content (AvgIpc) is 3.05. The van der Waals surface area contributed by atoms with Crippen molar-refractivity contribution < 1.29 is 14.3 Å². The van der Waals surface area contributed by atoms with Gasteiger partial charge in [0, 0.05) is 18.0 Å². The van der Waals surface area contributed by atoms with Gasteiger partial charge in [0.2, 0.25) is 5.91 Å². The Hall–Kier alpha value is -2.76. The van der Waals surface area contributed by atoms with Crippen molar-refractivity contribution in [1.82, 2.24) is 9.97 Å². The van der Waals surface area contributed by atoms with Crippen LogP contribution in [0.2, 0.25) is 0 Å². The first-order valence-electron chi connectivity index (χ1n) is 7.95. The molecule has 24 heavy (non-hydrogen) atoms. The van der Waals surface area contributed by atoms with Gasteiger partial charge in [-0.2, -0.15) is 0 Å². The Kier molecular flexibility index (Phi) is 3.16. The number of hydrogen-bond donors (Lipinski definition) is 1. The van der Waals surface area contributed by atoms with Gasteiger partial charge in [-0.1, -0.05) is 6.07 Å². The number of amides is 1. The minimum atomic E-state index is -0.645. The van der Waals surface area contributed by atoms with Crippen LogP contribution >= 0.6 is 0 Å². The topological polar surface area (TPSA) is 81.2 Å². The molecule has 2 aromatic rings. The van der Waals surface area contributed by atoms with Crippen LogP contribution in [0.3, 0.4) is 0 Å². The molecule has 6 nitrogen and oxygen atoms in total. The van der Waals surface area contributed by atoms with Crippen molar-refractivity contribution in [2.24, 2.45) is 0 Å². The van der Waals surface area contributed by atoms with E-state index in [0.717, 1.165) is 16.7 Å². The van der Waals surface area contributed by atoms with Gasteiger partial charge in [0.05, 0.1) is 11.5 Å². The second kappa shape index (κ2) is 5.12. The summed E-state index contributed by atoms with van der Waals surface area (Å²) in [5, 5.41) is 2.87. The molecule has 1 aliphatic heterocycles. The lowest BCUT2D eigenvalue weighted by atomic mass is 9.79. The number of carbonyl (C=O) groups is 2. The first kappa shape index (κ1) is 14.8. The first-order valence-corrected chi connectivity index (χ1v) is 7.95. The number of ether oxygens (including phenoxy) is 1. The summed E-state index contributed by atoms with van der Waals surface area (Å²) >= 11 is 0. The maximum atomic E-state index is 12.6. The highest BCUT2D eigenvalue weighted by Crippen LogP contribution is 2.46. The standard InChI is InChI=1S/C18H17N3O3/c1-10(2)24-16(22)14-6-11-7-18(8-12(11)9-20-14)13-4-3-5-19-15(13)21-17(18)23/h3-6,9-10H,7-8H2,1-2H3,(H,19,21,23). The zero-order valence-electron chi connectivity index (χ0n) is 13.5. The predicted molar refractivity (Wildman–Crippen MR) is 86.7 cm³/mol. The van der Waals surface area contributed by atoms with Crippen LogP contribution in [-0.4, -0.2) is 27.9 Å². The van der Waals surface area contributed by atoms with Crippen molar-refractivity contribution in [3.8, 4) is 0 Å². The van der Waals surface area contributed by atoms with Gasteiger partial charge in [-0.3, -0.25) is 4.79 Å². The molecule has 0 aromatic carbocycles. The maximum absolute atomic E-state index is 12.6. The van der Waals surface area contributed by atoms with Crippen LogP contribution in [0.1, 0.15) is 41.0 Å². The zero-order valence-corrected chi connectivity index (χ0v) is 13.5. The number of nitrogens with zero attached hydrogens (tertiary/aromatic N) is 2. The summed E-state index contributed by atoms with van der Waals surface area (Å²) in [6.45, 7) is 3.60. The molecule has 6 heteroatoms. The van der Waals surface area contributed by atoms with E-state index in [1.807, 2.05) is 12.1 Å². The summed E-state index contributed by atoms with van der Waals surface area (Å²) in [5.74, 6) is 0.146. The molecule has 0 saturated heterocycles. The fourth-order valence-corrected chi connectivity index (χ4v) is 3.54. The molecular weight excluding hydrogens is 306 g/mol. The summed E-state index contributed by atoms with van der Waals surface area (Å²) in [7, 11) is 0. The Labute approximate surface area is 139 Å². The quantitative estimate of drug-likeness (QED) is 0.855. The lowest BCUT2D eigenvalue weighted by Crippen LogP contribution is -2.35. The molecule has 0 saturated carbocycles. The average molecular weight is 323 g/mol. The number of nitrogens with one attached hydrogen (secondary N) is 1. The molecule has 1 amide bonds. The molecule has 4 rings (SSSR count). The number of esters is 1. The lowest BCUT2D eigenvalue weighted by molar-refractivity contribution is -0.120. The second-order valence-electron chi connectivity index (χ2n) is 6.58. The van der Waals surface area contributed by atoms with E-state index in [1.165, 1.54) is 0 Å². The van der Waals surface area contributed by atoms with Gasteiger partial charge in [0.1, 0.15) is 11.5 Å². The predicted octanol–water partition coefficient (Wildman–Crippen LogP) is 2.03. The van der Waals surface area contributed by atoms with Crippen LogP contribution in [0.25, 0.3) is 0 Å². The van der Waals surface area contributed by atoms with E-state index in [9.17, 15) is 9.59 Å². The number of carbonyl (C=O) groups excluding carboxylic acids is 2. The van der Waals surface area contributed by atoms with E-state index in [0.29, 0.717) is 18.7 Å². The van der Waals surface area contributed by atoms with Crippen LogP contribution in [0.4, 0.5) is 5.82 Å². The van der Waals surface area contributed by atoms with Crippen molar-refractivity contribution in [1.29, 1.82) is 0 Å². The number of anilines is 1. The Morgan fingerprint density at radius 2 is 2.08 bits per heavy atom. The van der Waals surface area contributed by atoms with Crippen LogP contribution < -0.4 is 5.32 Å². The van der Waals surface area contributed by atoms with E-state index >= 15 is 0 Å². The van der Waals surface area contributed by atoms with E-state index in [-0.39, 0.29) is 17.7 Å². The van der Waals surface area contributed by atoms with Crippen LogP contribution in [0.5, 0.6) is 0 Å². The Balaban J connectivity index is 1.70. The number of fused-ring (bicyclic) bond motifs is 3. The van der Waals surface area contributed by atoms with Crippen molar-refractivity contribution in [2.45, 2.75) is 38.2 Å². The van der Waals surface area contributed by atoms with Gasteiger partial charge < -0.3 is 10.1 Å². The third kappa shape index (κ3) is 2.10. The summed E-state index contributed by atoms with van der Waals surface area (Å²) in [6.07, 6.45) is 4.26. The summed E-state index contributed by atoms with van der Waals surface area (Å²) in [4.78, 5) is 33.1. The third-order valence-corrected chi connectivity index (χ3v) is 4.61. The molecule has 0 radical (unpaired) electrons. The van der Waals surface area contributed by atoms with Gasteiger partial charge in [-0.15, -0.1) is 0 Å². The van der Waals surface area contributed by atoms with Crippen LogP contribution in [0.15, 0.2) is 30.6 Å². The van der Waals surface area contributed by atoms with Gasteiger partial charge in [-0.05, 0) is 49.9 Å². The maximum Gasteiger partial charge on any atom is 0.357 e. The van der Waals surface area contributed by atoms with E-state index in [4.69, 9.17) is 4.74 Å². The van der Waals surface area contributed by atoms with Crippen molar-refractivity contribution >= 4 is 17.7 Å². The van der Waals surface area contributed by atoms with E-state index in [2.05, 4.69) is 15.3 Å². The molecule has 1 N–H and O–H groups in total. The fraction of sp³-hybridized carbons (Fsp3) is 0.333. The molecule has 0 bridgehead atoms. The Bertz CT molecular complexity index is 862. The molecule has 1 spiro atoms. The van der Waals surface area contributed by atoms with Gasteiger partial charge in [0.15, 0.2) is 0 Å². The number of hydrogen-bond acceptors (Lipinski definition) is 5. The largest absolute Gasteiger partial charge is 0.458 e. The zero-order chi connectivity index (χ0) is 16.9. The number of pyridine rings is 2. The number of aromatic nitrogens is 2. The monoisotopic (exact) mass is 323 g/mol. The summed E-state index contributed by atoms with van der Waals surface area (Å²) in [5.41, 5.74) is 2.51. The highest BCUT2D eigenvalue weighted by Gasteiger charge is 2.51. The molecule has 1 unspecified atom stereocenters. The summed E-state index contributed by atoms with van der Waals surface area (Å²) < 4.78 is 5.20. The normalized spacial score (nSPS) is 20.9. The van der Waals surface area contributed by atoms with Crippen molar-refractivity contribution in [3.63, 3.8) is 0 Å². The lowest BCUT2D eigenvalue weighted by Gasteiger charge is -2.20. The minimum Gasteiger partial charge on any atom is -0.458 e. The van der Waals surface area contributed by atoms with Crippen LogP contribution in [0, 0.1) is 0 Å². The SMILES string of the molecule is CC(C)OC(=O)c1cc2c(cn1)CC1(C2)C(=O)Nc2ncccc21. The van der Waals surface area contributed by atoms with Crippen molar-refractivity contribution in [2.75, 3.05) is 5.32 Å². The van der Waals surface area contributed by atoms with Gasteiger partial charge >= 0.3 is 5.97 Å². The first-order chi connectivity index (χ1) is 11.5. The smallest absolute Gasteiger partial charge is 0.357 e. The van der Waals surface area contributed by atoms with Gasteiger partial charge in [0.25, 0.3) is 0 Å². The molecule has 2 aliphatic rings. The molecule has 1 aliphatic carbocycles. The molecular formula is C18H17N3O3. The summed E-state index contributed by atoms with van der Waals surface area (Å²) in [6, 6.07) is 5.53. The fourth-order valence-electron chi connectivity index (χ4n) is 3.54. The highest BCUT2D eigenvalue weighted by molar-refractivity contribution is 6.06. The molecule has 0 fully saturated rings. The van der Waals surface area contributed by atoms with E-state index in [1.54, 1.807) is 32.3 Å². The molecule has 122 valence electrons. The third-order valence-electron chi connectivity index (χ3n) is 4.61.